The summed E-state index contributed by atoms with van der Waals surface area (Å²) < 4.78 is 67.0. The fourth-order valence-corrected chi connectivity index (χ4v) is 1.79. The molecule has 0 amide bonds. The Hall–Kier alpha value is -1.70. The maximum atomic E-state index is 13.5. The van der Waals surface area contributed by atoms with E-state index >= 15 is 0 Å². The lowest BCUT2D eigenvalue weighted by atomic mass is 10.1. The SMILES string of the molecule is CCC(Cl)c1cn(Cc2c(F)c(F)c(F)c(F)c2F)nn1. The minimum atomic E-state index is -2.19. The summed E-state index contributed by atoms with van der Waals surface area (Å²) in [5.41, 5.74) is -0.631. The van der Waals surface area contributed by atoms with Crippen LogP contribution in [0.25, 0.3) is 0 Å². The van der Waals surface area contributed by atoms with Crippen molar-refractivity contribution in [2.45, 2.75) is 25.3 Å². The van der Waals surface area contributed by atoms with Crippen LogP contribution in [0.3, 0.4) is 0 Å². The van der Waals surface area contributed by atoms with Gasteiger partial charge in [-0.2, -0.15) is 0 Å². The standard InChI is InChI=1S/C12H9ClF5N3/c1-2-6(13)7-4-21(20-19-7)3-5-8(14)10(16)12(18)11(17)9(5)15/h4,6H,2-3H2,1H3. The Balaban J connectivity index is 2.38. The number of nitrogens with zero attached hydrogens (tertiary/aromatic N) is 3. The van der Waals surface area contributed by atoms with Crippen LogP contribution in [0.4, 0.5) is 22.0 Å². The van der Waals surface area contributed by atoms with Crippen molar-refractivity contribution in [2.24, 2.45) is 0 Å². The lowest BCUT2D eigenvalue weighted by Gasteiger charge is -2.07. The summed E-state index contributed by atoms with van der Waals surface area (Å²) in [5, 5.41) is 6.79. The van der Waals surface area contributed by atoms with E-state index in [1.165, 1.54) is 6.20 Å². The molecule has 0 spiro atoms. The smallest absolute Gasteiger partial charge is 0.200 e. The summed E-state index contributed by atoms with van der Waals surface area (Å²) in [6, 6.07) is 0. The second-order valence-corrected chi connectivity index (χ2v) is 4.79. The molecular weight excluding hydrogens is 317 g/mol. The highest BCUT2D eigenvalue weighted by Crippen LogP contribution is 2.25. The summed E-state index contributed by atoms with van der Waals surface area (Å²) in [6.45, 7) is 1.15. The van der Waals surface area contributed by atoms with Gasteiger partial charge in [0.05, 0.1) is 23.7 Å². The molecule has 0 saturated carbocycles. The topological polar surface area (TPSA) is 30.7 Å². The van der Waals surface area contributed by atoms with E-state index < -0.39 is 46.6 Å². The summed E-state index contributed by atoms with van der Waals surface area (Å²) in [7, 11) is 0. The molecule has 0 radical (unpaired) electrons. The highest BCUT2D eigenvalue weighted by atomic mass is 35.5. The number of rotatable bonds is 4. The second-order valence-electron chi connectivity index (χ2n) is 4.27. The summed E-state index contributed by atoms with van der Waals surface area (Å²) in [6.07, 6.45) is 1.84. The van der Waals surface area contributed by atoms with E-state index in [0.717, 1.165) is 4.68 Å². The van der Waals surface area contributed by atoms with Crippen LogP contribution in [0.15, 0.2) is 6.20 Å². The third-order valence-electron chi connectivity index (χ3n) is 2.86. The van der Waals surface area contributed by atoms with E-state index in [4.69, 9.17) is 11.6 Å². The summed E-state index contributed by atoms with van der Waals surface area (Å²) >= 11 is 5.91. The minimum absolute atomic E-state index is 0.350. The van der Waals surface area contributed by atoms with Crippen LogP contribution < -0.4 is 0 Å². The number of benzene rings is 1. The quantitative estimate of drug-likeness (QED) is 0.371. The molecule has 0 bridgehead atoms. The van der Waals surface area contributed by atoms with Crippen LogP contribution >= 0.6 is 11.6 Å². The van der Waals surface area contributed by atoms with Gasteiger partial charge >= 0.3 is 0 Å². The molecule has 9 heteroatoms. The van der Waals surface area contributed by atoms with Gasteiger partial charge in [0.15, 0.2) is 23.3 Å². The Morgan fingerprint density at radius 2 is 1.57 bits per heavy atom. The Morgan fingerprint density at radius 1 is 1.05 bits per heavy atom. The number of alkyl halides is 1. The van der Waals surface area contributed by atoms with Crippen molar-refractivity contribution in [3.05, 3.63) is 46.5 Å². The highest BCUT2D eigenvalue weighted by molar-refractivity contribution is 6.20. The molecule has 21 heavy (non-hydrogen) atoms. The number of hydrogen-bond donors (Lipinski definition) is 0. The van der Waals surface area contributed by atoms with Gasteiger partial charge in [-0.1, -0.05) is 12.1 Å². The molecule has 0 aliphatic rings. The number of halogens is 6. The average Bonchev–Trinajstić information content (AvgIpc) is 2.95. The first kappa shape index (κ1) is 15.7. The van der Waals surface area contributed by atoms with Crippen molar-refractivity contribution in [2.75, 3.05) is 0 Å². The minimum Gasteiger partial charge on any atom is -0.248 e. The van der Waals surface area contributed by atoms with Gasteiger partial charge < -0.3 is 0 Å². The van der Waals surface area contributed by atoms with E-state index in [0.29, 0.717) is 12.1 Å². The number of hydrogen-bond acceptors (Lipinski definition) is 2. The molecule has 0 saturated heterocycles. The molecular formula is C12H9ClF5N3. The zero-order valence-corrected chi connectivity index (χ0v) is 11.4. The predicted octanol–water partition coefficient (Wildman–Crippen LogP) is 3.71. The van der Waals surface area contributed by atoms with Crippen molar-refractivity contribution >= 4 is 11.6 Å². The fourth-order valence-electron chi connectivity index (χ4n) is 1.69. The van der Waals surface area contributed by atoms with Crippen LogP contribution in [0, 0.1) is 29.1 Å². The van der Waals surface area contributed by atoms with Gasteiger partial charge in [0.25, 0.3) is 0 Å². The zero-order valence-electron chi connectivity index (χ0n) is 10.7. The average molecular weight is 326 g/mol. The zero-order chi connectivity index (χ0) is 15.7. The molecule has 1 atom stereocenters. The largest absolute Gasteiger partial charge is 0.248 e. The van der Waals surface area contributed by atoms with Crippen molar-refractivity contribution < 1.29 is 22.0 Å². The molecule has 0 aliphatic heterocycles. The summed E-state index contributed by atoms with van der Waals surface area (Å²) in [4.78, 5) is 0. The lowest BCUT2D eigenvalue weighted by molar-refractivity contribution is 0.366. The molecule has 2 aromatic rings. The van der Waals surface area contributed by atoms with Gasteiger partial charge in [-0.15, -0.1) is 16.7 Å². The molecule has 114 valence electrons. The first-order chi connectivity index (χ1) is 9.86. The van der Waals surface area contributed by atoms with E-state index in [9.17, 15) is 22.0 Å². The molecule has 3 nitrogen and oxygen atoms in total. The molecule has 0 N–H and O–H groups in total. The molecule has 0 aliphatic carbocycles. The summed E-state index contributed by atoms with van der Waals surface area (Å²) in [5.74, 6) is -9.96. The third-order valence-corrected chi connectivity index (χ3v) is 3.39. The Kier molecular flexibility index (Phi) is 4.46. The third kappa shape index (κ3) is 2.85. The predicted molar refractivity (Wildman–Crippen MR) is 64.2 cm³/mol. The van der Waals surface area contributed by atoms with Crippen LogP contribution in [0.2, 0.25) is 0 Å². The molecule has 1 aromatic heterocycles. The molecule has 1 aromatic carbocycles. The van der Waals surface area contributed by atoms with Gasteiger partial charge in [-0.25, -0.2) is 26.6 Å². The molecule has 2 rings (SSSR count). The van der Waals surface area contributed by atoms with Crippen LogP contribution in [0.1, 0.15) is 30.0 Å². The van der Waals surface area contributed by atoms with Gasteiger partial charge in [0.2, 0.25) is 5.82 Å². The van der Waals surface area contributed by atoms with Crippen molar-refractivity contribution in [3.8, 4) is 0 Å². The first-order valence-electron chi connectivity index (χ1n) is 5.91. The van der Waals surface area contributed by atoms with Crippen molar-refractivity contribution in [1.29, 1.82) is 0 Å². The van der Waals surface area contributed by atoms with E-state index in [-0.39, 0.29) is 0 Å². The van der Waals surface area contributed by atoms with E-state index in [2.05, 4.69) is 10.3 Å². The Morgan fingerprint density at radius 3 is 2.10 bits per heavy atom. The van der Waals surface area contributed by atoms with Gasteiger partial charge in [0, 0.05) is 0 Å². The highest BCUT2D eigenvalue weighted by Gasteiger charge is 2.26. The van der Waals surface area contributed by atoms with Gasteiger partial charge in [0.1, 0.15) is 5.69 Å². The Labute approximate surface area is 121 Å². The molecule has 1 heterocycles. The van der Waals surface area contributed by atoms with Crippen LogP contribution in [-0.2, 0) is 6.54 Å². The van der Waals surface area contributed by atoms with Crippen molar-refractivity contribution in [3.63, 3.8) is 0 Å². The Bertz CT molecular complexity index is 644. The first-order valence-corrected chi connectivity index (χ1v) is 6.34. The second kappa shape index (κ2) is 5.97. The number of aromatic nitrogens is 3. The maximum Gasteiger partial charge on any atom is 0.200 e. The normalized spacial score (nSPS) is 12.7. The lowest BCUT2D eigenvalue weighted by Crippen LogP contribution is -2.11. The molecule has 0 fully saturated rings. The van der Waals surface area contributed by atoms with E-state index in [1.54, 1.807) is 6.92 Å². The fraction of sp³-hybridized carbons (Fsp3) is 0.333. The maximum absolute atomic E-state index is 13.5. The van der Waals surface area contributed by atoms with E-state index in [1.807, 2.05) is 0 Å². The van der Waals surface area contributed by atoms with Gasteiger partial charge in [-0.05, 0) is 6.42 Å². The molecule has 1 unspecified atom stereocenters. The van der Waals surface area contributed by atoms with Gasteiger partial charge in [-0.3, -0.25) is 0 Å². The van der Waals surface area contributed by atoms with Crippen LogP contribution in [0.5, 0.6) is 0 Å². The van der Waals surface area contributed by atoms with Crippen molar-refractivity contribution in [1.82, 2.24) is 15.0 Å². The monoisotopic (exact) mass is 325 g/mol. The van der Waals surface area contributed by atoms with Crippen LogP contribution in [-0.4, -0.2) is 15.0 Å².